The lowest BCUT2D eigenvalue weighted by Crippen LogP contribution is -2.37. The molecule has 1 saturated heterocycles. The first-order valence-electron chi connectivity index (χ1n) is 8.72. The Morgan fingerprint density at radius 2 is 1.88 bits per heavy atom. The lowest BCUT2D eigenvalue weighted by atomic mass is 10.00. The van der Waals surface area contributed by atoms with Gasteiger partial charge in [-0.1, -0.05) is 54.6 Å². The fraction of sp³-hybridized carbons (Fsp3) is 0.381. The molecule has 126 valence electrons. The molecule has 1 heterocycles. The SMILES string of the molecule is Cc1ccccc1CC(=O)N1CCCC1CC(O)c1ccccc1. The van der Waals surface area contributed by atoms with Gasteiger partial charge in [-0.25, -0.2) is 0 Å². The number of amides is 1. The summed E-state index contributed by atoms with van der Waals surface area (Å²) in [5.74, 6) is 0.173. The van der Waals surface area contributed by atoms with Crippen LogP contribution in [-0.2, 0) is 11.2 Å². The van der Waals surface area contributed by atoms with Crippen LogP contribution in [-0.4, -0.2) is 28.5 Å². The Morgan fingerprint density at radius 1 is 1.17 bits per heavy atom. The van der Waals surface area contributed by atoms with Gasteiger partial charge in [-0.3, -0.25) is 4.79 Å². The summed E-state index contributed by atoms with van der Waals surface area (Å²) in [4.78, 5) is 14.7. The summed E-state index contributed by atoms with van der Waals surface area (Å²) < 4.78 is 0. The first kappa shape index (κ1) is 16.7. The Hall–Kier alpha value is -2.13. The molecule has 1 N–H and O–H groups in total. The molecule has 3 nitrogen and oxygen atoms in total. The van der Waals surface area contributed by atoms with Crippen molar-refractivity contribution in [3.8, 4) is 0 Å². The molecule has 3 rings (SSSR count). The van der Waals surface area contributed by atoms with Gasteiger partial charge in [-0.2, -0.15) is 0 Å². The maximum Gasteiger partial charge on any atom is 0.227 e. The van der Waals surface area contributed by atoms with Crippen LogP contribution in [0.2, 0.25) is 0 Å². The number of aryl methyl sites for hydroxylation is 1. The van der Waals surface area contributed by atoms with E-state index in [2.05, 4.69) is 0 Å². The van der Waals surface area contributed by atoms with Crippen LogP contribution < -0.4 is 0 Å². The van der Waals surface area contributed by atoms with Crippen molar-refractivity contribution in [2.24, 2.45) is 0 Å². The number of aliphatic hydroxyl groups is 1. The van der Waals surface area contributed by atoms with Gasteiger partial charge in [0.2, 0.25) is 5.91 Å². The van der Waals surface area contributed by atoms with E-state index in [1.807, 2.05) is 66.4 Å². The average molecular weight is 323 g/mol. The van der Waals surface area contributed by atoms with Crippen molar-refractivity contribution in [2.75, 3.05) is 6.54 Å². The van der Waals surface area contributed by atoms with Gasteiger partial charge in [0.15, 0.2) is 0 Å². The molecule has 0 aliphatic carbocycles. The minimum absolute atomic E-state index is 0.136. The van der Waals surface area contributed by atoms with Crippen molar-refractivity contribution in [2.45, 2.75) is 44.8 Å². The fourth-order valence-electron chi connectivity index (χ4n) is 3.55. The molecule has 2 aromatic carbocycles. The van der Waals surface area contributed by atoms with Gasteiger partial charge in [0, 0.05) is 12.6 Å². The molecule has 1 amide bonds. The van der Waals surface area contributed by atoms with E-state index < -0.39 is 6.10 Å². The molecule has 0 radical (unpaired) electrons. The molecule has 0 bridgehead atoms. The molecular formula is C21H25NO2. The normalized spacial score (nSPS) is 18.6. The molecule has 1 aliphatic rings. The number of hydrogen-bond acceptors (Lipinski definition) is 2. The highest BCUT2D eigenvalue weighted by Gasteiger charge is 2.30. The maximum atomic E-state index is 12.7. The van der Waals surface area contributed by atoms with Crippen molar-refractivity contribution in [1.82, 2.24) is 4.90 Å². The molecule has 0 aromatic heterocycles. The van der Waals surface area contributed by atoms with Gasteiger partial charge in [0.1, 0.15) is 0 Å². The van der Waals surface area contributed by atoms with Gasteiger partial charge in [0.05, 0.1) is 12.5 Å². The summed E-state index contributed by atoms with van der Waals surface area (Å²) in [6.45, 7) is 2.85. The third kappa shape index (κ3) is 3.85. The van der Waals surface area contributed by atoms with Crippen LogP contribution in [0.25, 0.3) is 0 Å². The Bertz CT molecular complexity index is 683. The van der Waals surface area contributed by atoms with Crippen LogP contribution >= 0.6 is 0 Å². The number of aliphatic hydroxyl groups excluding tert-OH is 1. The summed E-state index contributed by atoms with van der Waals surface area (Å²) >= 11 is 0. The van der Waals surface area contributed by atoms with Gasteiger partial charge in [-0.05, 0) is 42.9 Å². The van der Waals surface area contributed by atoms with Gasteiger partial charge < -0.3 is 10.0 Å². The number of carbonyl (C=O) groups is 1. The fourth-order valence-corrected chi connectivity index (χ4v) is 3.55. The predicted molar refractivity (Wildman–Crippen MR) is 95.6 cm³/mol. The standard InChI is InChI=1S/C21H25NO2/c1-16-8-5-6-11-18(16)14-21(24)22-13-7-12-19(22)15-20(23)17-9-3-2-4-10-17/h2-6,8-11,19-20,23H,7,12-15H2,1H3. The van der Waals surface area contributed by atoms with E-state index in [0.717, 1.165) is 36.1 Å². The molecule has 0 spiro atoms. The Balaban J connectivity index is 1.65. The topological polar surface area (TPSA) is 40.5 Å². The highest BCUT2D eigenvalue weighted by Crippen LogP contribution is 2.28. The molecule has 2 aromatic rings. The van der Waals surface area contributed by atoms with Crippen molar-refractivity contribution in [1.29, 1.82) is 0 Å². The van der Waals surface area contributed by atoms with E-state index in [9.17, 15) is 9.90 Å². The zero-order valence-electron chi connectivity index (χ0n) is 14.2. The molecule has 3 heteroatoms. The van der Waals surface area contributed by atoms with Crippen LogP contribution in [0.15, 0.2) is 54.6 Å². The number of likely N-dealkylation sites (tertiary alicyclic amines) is 1. The number of carbonyl (C=O) groups excluding carboxylic acids is 1. The zero-order valence-corrected chi connectivity index (χ0v) is 14.2. The van der Waals surface area contributed by atoms with Crippen LogP contribution in [0, 0.1) is 6.92 Å². The monoisotopic (exact) mass is 323 g/mol. The lowest BCUT2D eigenvalue weighted by Gasteiger charge is -2.27. The molecule has 1 aliphatic heterocycles. The summed E-state index contributed by atoms with van der Waals surface area (Å²) in [5, 5.41) is 10.5. The van der Waals surface area contributed by atoms with Crippen molar-refractivity contribution in [3.63, 3.8) is 0 Å². The largest absolute Gasteiger partial charge is 0.388 e. The number of hydrogen-bond donors (Lipinski definition) is 1. The van der Waals surface area contributed by atoms with E-state index in [4.69, 9.17) is 0 Å². The smallest absolute Gasteiger partial charge is 0.227 e. The first-order valence-corrected chi connectivity index (χ1v) is 8.72. The highest BCUT2D eigenvalue weighted by molar-refractivity contribution is 5.79. The summed E-state index contributed by atoms with van der Waals surface area (Å²) in [6.07, 6.45) is 2.55. The van der Waals surface area contributed by atoms with Gasteiger partial charge >= 0.3 is 0 Å². The second kappa shape index (κ2) is 7.63. The lowest BCUT2D eigenvalue weighted by molar-refractivity contribution is -0.131. The Labute approximate surface area is 143 Å². The molecule has 0 saturated carbocycles. The summed E-state index contributed by atoms with van der Waals surface area (Å²) in [6, 6.07) is 17.9. The molecule has 2 atom stereocenters. The molecule has 1 fully saturated rings. The number of nitrogens with zero attached hydrogens (tertiary/aromatic N) is 1. The van der Waals surface area contributed by atoms with Crippen LogP contribution in [0.4, 0.5) is 0 Å². The zero-order chi connectivity index (χ0) is 16.9. The van der Waals surface area contributed by atoms with Crippen molar-refractivity contribution >= 4 is 5.91 Å². The van der Waals surface area contributed by atoms with E-state index >= 15 is 0 Å². The van der Waals surface area contributed by atoms with Gasteiger partial charge in [-0.15, -0.1) is 0 Å². The summed E-state index contributed by atoms with van der Waals surface area (Å²) in [7, 11) is 0. The van der Waals surface area contributed by atoms with Crippen LogP contribution in [0.3, 0.4) is 0 Å². The second-order valence-corrected chi connectivity index (χ2v) is 6.65. The number of benzene rings is 2. The Kier molecular flexibility index (Phi) is 5.31. The molecule has 2 unspecified atom stereocenters. The van der Waals surface area contributed by atoms with E-state index in [1.165, 1.54) is 0 Å². The second-order valence-electron chi connectivity index (χ2n) is 6.65. The molecule has 24 heavy (non-hydrogen) atoms. The average Bonchev–Trinajstić information content (AvgIpc) is 3.06. The number of rotatable bonds is 5. The van der Waals surface area contributed by atoms with Gasteiger partial charge in [0.25, 0.3) is 0 Å². The van der Waals surface area contributed by atoms with Crippen molar-refractivity contribution < 1.29 is 9.90 Å². The van der Waals surface area contributed by atoms with E-state index in [0.29, 0.717) is 12.8 Å². The maximum absolute atomic E-state index is 12.7. The van der Waals surface area contributed by atoms with E-state index in [1.54, 1.807) is 0 Å². The van der Waals surface area contributed by atoms with Crippen LogP contribution in [0.1, 0.15) is 42.1 Å². The Morgan fingerprint density at radius 3 is 2.62 bits per heavy atom. The first-order chi connectivity index (χ1) is 11.6. The predicted octanol–water partition coefficient (Wildman–Crippen LogP) is 3.65. The minimum atomic E-state index is -0.511. The van der Waals surface area contributed by atoms with Crippen LogP contribution in [0.5, 0.6) is 0 Å². The molecular weight excluding hydrogens is 298 g/mol. The third-order valence-corrected chi connectivity index (χ3v) is 4.98. The van der Waals surface area contributed by atoms with E-state index in [-0.39, 0.29) is 11.9 Å². The summed E-state index contributed by atoms with van der Waals surface area (Å²) in [5.41, 5.74) is 3.18. The third-order valence-electron chi connectivity index (χ3n) is 4.98. The van der Waals surface area contributed by atoms with Crippen molar-refractivity contribution in [3.05, 3.63) is 71.3 Å². The minimum Gasteiger partial charge on any atom is -0.388 e. The quantitative estimate of drug-likeness (QED) is 0.912. The highest BCUT2D eigenvalue weighted by atomic mass is 16.3.